The molecule has 0 saturated heterocycles. The number of methoxy groups -OCH3 is 1. The topological polar surface area (TPSA) is 93.2 Å². The van der Waals surface area contributed by atoms with Crippen LogP contribution in [0, 0.1) is 0 Å². The molecule has 0 radical (unpaired) electrons. The molecule has 0 aliphatic heterocycles. The molecule has 2 amide bonds. The highest BCUT2D eigenvalue weighted by Crippen LogP contribution is 2.14. The van der Waals surface area contributed by atoms with Crippen LogP contribution in [0.4, 0.5) is 0 Å². The minimum absolute atomic E-state index is 0.122. The highest BCUT2D eigenvalue weighted by Gasteiger charge is 2.18. The smallest absolute Gasteiger partial charge is 0.282 e. The fourth-order valence-corrected chi connectivity index (χ4v) is 1.78. The Morgan fingerprint density at radius 2 is 2.22 bits per heavy atom. The van der Waals surface area contributed by atoms with Crippen molar-refractivity contribution in [3.63, 3.8) is 0 Å². The van der Waals surface area contributed by atoms with Gasteiger partial charge in [0, 0.05) is 13.7 Å². The molecule has 7 nitrogen and oxygen atoms in total. The summed E-state index contributed by atoms with van der Waals surface area (Å²) in [5, 5.41) is 12.3. The Labute approximate surface area is 113 Å². The minimum Gasteiger partial charge on any atom is -0.383 e. The molecule has 0 spiro atoms. The first kappa shape index (κ1) is 14.8. The number of rotatable bonds is 6. The molecule has 0 bridgehead atoms. The quantitative estimate of drug-likeness (QED) is 0.724. The Hall–Kier alpha value is -1.25. The number of carbonyl (C=O) groups is 2. The van der Waals surface area contributed by atoms with Crippen LogP contribution in [0.1, 0.15) is 16.7 Å². The summed E-state index contributed by atoms with van der Waals surface area (Å²) >= 11 is 6.51. The second-order valence-corrected chi connectivity index (χ2v) is 4.90. The van der Waals surface area contributed by atoms with E-state index in [1.807, 2.05) is 0 Å². The lowest BCUT2D eigenvalue weighted by atomic mass is 10.3. The van der Waals surface area contributed by atoms with Crippen LogP contribution in [0.3, 0.4) is 0 Å². The predicted molar refractivity (Wildman–Crippen MR) is 66.7 cm³/mol. The van der Waals surface area contributed by atoms with Crippen molar-refractivity contribution < 1.29 is 14.3 Å². The van der Waals surface area contributed by atoms with Crippen molar-refractivity contribution in [1.82, 2.24) is 20.8 Å². The first-order valence-corrected chi connectivity index (χ1v) is 6.30. The molecule has 0 aliphatic carbocycles. The van der Waals surface area contributed by atoms with Gasteiger partial charge in [0.25, 0.3) is 5.91 Å². The average Bonchev–Trinajstić information content (AvgIpc) is 2.76. The van der Waals surface area contributed by atoms with Crippen molar-refractivity contribution in [3.8, 4) is 0 Å². The molecule has 100 valence electrons. The van der Waals surface area contributed by atoms with Gasteiger partial charge in [-0.3, -0.25) is 9.59 Å². The molecule has 1 aromatic rings. The van der Waals surface area contributed by atoms with Crippen LogP contribution in [-0.2, 0) is 9.53 Å². The molecule has 1 rings (SSSR count). The number of ether oxygens (including phenoxy) is 1. The van der Waals surface area contributed by atoms with Crippen molar-refractivity contribution in [2.75, 3.05) is 20.3 Å². The van der Waals surface area contributed by atoms with Crippen LogP contribution in [0.25, 0.3) is 0 Å². The Bertz CT molecular complexity index is 426. The van der Waals surface area contributed by atoms with E-state index in [2.05, 4.69) is 20.8 Å². The summed E-state index contributed by atoms with van der Waals surface area (Å²) in [5.74, 6) is -0.773. The third kappa shape index (κ3) is 4.55. The van der Waals surface area contributed by atoms with E-state index in [4.69, 9.17) is 16.3 Å². The molecule has 0 aliphatic rings. The molecule has 1 unspecified atom stereocenters. The van der Waals surface area contributed by atoms with Crippen LogP contribution >= 0.6 is 22.9 Å². The van der Waals surface area contributed by atoms with Crippen LogP contribution in [-0.4, -0.2) is 48.3 Å². The van der Waals surface area contributed by atoms with Crippen molar-refractivity contribution in [2.45, 2.75) is 13.0 Å². The largest absolute Gasteiger partial charge is 0.383 e. The van der Waals surface area contributed by atoms with Crippen molar-refractivity contribution in [3.05, 3.63) is 9.47 Å². The molecule has 1 aromatic heterocycles. The fraction of sp³-hybridized carbons (Fsp3) is 0.556. The summed E-state index contributed by atoms with van der Waals surface area (Å²) in [6, 6.07) is -0.669. The molecule has 0 saturated carbocycles. The predicted octanol–water partition coefficient (Wildman–Crippen LogP) is 0.0724. The van der Waals surface area contributed by atoms with Gasteiger partial charge in [-0.2, -0.15) is 0 Å². The number of carbonyl (C=O) groups excluding carboxylic acids is 2. The SMILES string of the molecule is COCCNC(=O)C(C)NC(=O)c1nnc(Cl)s1. The Balaban J connectivity index is 2.41. The lowest BCUT2D eigenvalue weighted by Crippen LogP contribution is -2.45. The maximum Gasteiger partial charge on any atom is 0.282 e. The normalized spacial score (nSPS) is 11.9. The summed E-state index contributed by atoms with van der Waals surface area (Å²) in [5.41, 5.74) is 0. The minimum atomic E-state index is -0.669. The number of hydrogen-bond donors (Lipinski definition) is 2. The summed E-state index contributed by atoms with van der Waals surface area (Å²) in [7, 11) is 1.54. The Morgan fingerprint density at radius 1 is 1.50 bits per heavy atom. The number of aromatic nitrogens is 2. The molecule has 2 N–H and O–H groups in total. The maximum atomic E-state index is 11.6. The molecule has 1 atom stereocenters. The van der Waals surface area contributed by atoms with Crippen LogP contribution in [0.2, 0.25) is 4.47 Å². The zero-order chi connectivity index (χ0) is 13.5. The van der Waals surface area contributed by atoms with Crippen molar-refractivity contribution in [2.24, 2.45) is 0 Å². The zero-order valence-electron chi connectivity index (χ0n) is 9.90. The Morgan fingerprint density at radius 3 is 2.78 bits per heavy atom. The van der Waals surface area contributed by atoms with E-state index in [0.29, 0.717) is 13.2 Å². The lowest BCUT2D eigenvalue weighted by molar-refractivity contribution is -0.122. The first-order chi connectivity index (χ1) is 8.54. The molecular formula is C9H13ClN4O3S. The van der Waals surface area contributed by atoms with Gasteiger partial charge in [-0.05, 0) is 18.5 Å². The van der Waals surface area contributed by atoms with Gasteiger partial charge in [-0.25, -0.2) is 0 Å². The van der Waals surface area contributed by atoms with Crippen LogP contribution in [0.5, 0.6) is 0 Å². The molecule has 1 heterocycles. The summed E-state index contributed by atoms with van der Waals surface area (Å²) in [6.07, 6.45) is 0. The van der Waals surface area contributed by atoms with Crippen molar-refractivity contribution >= 4 is 34.8 Å². The first-order valence-electron chi connectivity index (χ1n) is 5.11. The van der Waals surface area contributed by atoms with E-state index in [9.17, 15) is 9.59 Å². The van der Waals surface area contributed by atoms with Gasteiger partial charge in [0.05, 0.1) is 6.61 Å². The van der Waals surface area contributed by atoms with Crippen molar-refractivity contribution in [1.29, 1.82) is 0 Å². The lowest BCUT2D eigenvalue weighted by Gasteiger charge is -2.12. The third-order valence-corrected chi connectivity index (χ3v) is 2.96. The molecular weight excluding hydrogens is 280 g/mol. The maximum absolute atomic E-state index is 11.6. The number of halogens is 1. The van der Waals surface area contributed by atoms with Gasteiger partial charge in [0.2, 0.25) is 15.4 Å². The van der Waals surface area contributed by atoms with Gasteiger partial charge >= 0.3 is 0 Å². The van der Waals surface area contributed by atoms with E-state index in [0.717, 1.165) is 11.3 Å². The second-order valence-electron chi connectivity index (χ2n) is 3.34. The number of nitrogens with zero attached hydrogens (tertiary/aromatic N) is 2. The summed E-state index contributed by atoms with van der Waals surface area (Å²) in [4.78, 5) is 23.2. The second kappa shape index (κ2) is 7.24. The van der Waals surface area contributed by atoms with Crippen LogP contribution in [0.15, 0.2) is 0 Å². The van der Waals surface area contributed by atoms with E-state index in [1.54, 1.807) is 6.92 Å². The van der Waals surface area contributed by atoms with E-state index in [-0.39, 0.29) is 15.4 Å². The summed E-state index contributed by atoms with van der Waals surface area (Å²) < 4.78 is 4.97. The molecule has 0 fully saturated rings. The standard InChI is InChI=1S/C9H13ClN4O3S/c1-5(6(15)11-3-4-17-2)12-7(16)8-13-14-9(10)18-8/h5H,3-4H2,1-2H3,(H,11,15)(H,12,16). The molecule has 0 aromatic carbocycles. The van der Waals surface area contributed by atoms with Gasteiger partial charge in [-0.1, -0.05) is 11.3 Å². The third-order valence-electron chi connectivity index (χ3n) is 1.94. The Kier molecular flexibility index (Phi) is 5.96. The summed E-state index contributed by atoms with van der Waals surface area (Å²) in [6.45, 7) is 2.38. The molecule has 9 heteroatoms. The van der Waals surface area contributed by atoms with Gasteiger partial charge in [0.15, 0.2) is 0 Å². The average molecular weight is 293 g/mol. The molecule has 18 heavy (non-hydrogen) atoms. The number of nitrogens with one attached hydrogen (secondary N) is 2. The zero-order valence-corrected chi connectivity index (χ0v) is 11.5. The van der Waals surface area contributed by atoms with Gasteiger partial charge < -0.3 is 15.4 Å². The van der Waals surface area contributed by atoms with Gasteiger partial charge in [0.1, 0.15) is 6.04 Å². The van der Waals surface area contributed by atoms with E-state index < -0.39 is 11.9 Å². The van der Waals surface area contributed by atoms with Crippen LogP contribution < -0.4 is 10.6 Å². The highest BCUT2D eigenvalue weighted by atomic mass is 35.5. The number of hydrogen-bond acceptors (Lipinski definition) is 6. The van der Waals surface area contributed by atoms with E-state index >= 15 is 0 Å². The fourth-order valence-electron chi connectivity index (χ4n) is 1.05. The highest BCUT2D eigenvalue weighted by molar-refractivity contribution is 7.17. The van der Waals surface area contributed by atoms with E-state index in [1.165, 1.54) is 7.11 Å². The monoisotopic (exact) mass is 292 g/mol. The number of amides is 2. The van der Waals surface area contributed by atoms with Gasteiger partial charge in [-0.15, -0.1) is 10.2 Å².